The highest BCUT2D eigenvalue weighted by atomic mass is 14.6. The zero-order valence-electron chi connectivity index (χ0n) is 8.20. The quantitative estimate of drug-likeness (QED) is 0.517. The van der Waals surface area contributed by atoms with Crippen LogP contribution < -0.4 is 5.73 Å². The highest BCUT2D eigenvalue weighted by Gasteiger charge is 1.93. The molecule has 0 aromatic rings. The summed E-state index contributed by atoms with van der Waals surface area (Å²) in [7, 11) is 1.73. The van der Waals surface area contributed by atoms with Crippen LogP contribution in [0.4, 0.5) is 0 Å². The molecule has 0 bridgehead atoms. The molecule has 0 aromatic carbocycles. The Morgan fingerprint density at radius 2 is 2.08 bits per heavy atom. The van der Waals surface area contributed by atoms with Crippen LogP contribution in [0.2, 0.25) is 0 Å². The molecule has 2 nitrogen and oxygen atoms in total. The molecule has 0 aliphatic rings. The number of allylic oxidation sites excluding steroid dienone is 6. The van der Waals surface area contributed by atoms with E-state index in [1.54, 1.807) is 19.3 Å². The van der Waals surface area contributed by atoms with Crippen molar-refractivity contribution in [3.05, 3.63) is 48.2 Å². The van der Waals surface area contributed by atoms with Crippen LogP contribution in [0.5, 0.6) is 0 Å². The summed E-state index contributed by atoms with van der Waals surface area (Å²) in [6, 6.07) is 0. The van der Waals surface area contributed by atoms with Gasteiger partial charge in [0.05, 0.1) is 0 Å². The fraction of sp³-hybridized carbons (Fsp3) is 0.182. The molecule has 0 aliphatic carbocycles. The molecule has 0 heterocycles. The van der Waals surface area contributed by atoms with Crippen LogP contribution in [0.1, 0.15) is 6.92 Å². The molecule has 70 valence electrons. The van der Waals surface area contributed by atoms with E-state index in [0.29, 0.717) is 0 Å². The maximum absolute atomic E-state index is 5.31. The highest BCUT2D eigenvalue weighted by Crippen LogP contribution is 2.11. The molecule has 0 aromatic heterocycles. The van der Waals surface area contributed by atoms with Gasteiger partial charge in [0.2, 0.25) is 0 Å². The van der Waals surface area contributed by atoms with Gasteiger partial charge in [-0.15, -0.1) is 0 Å². The minimum absolute atomic E-state index is 1.01. The lowest BCUT2D eigenvalue weighted by atomic mass is 10.1. The van der Waals surface area contributed by atoms with E-state index in [1.165, 1.54) is 6.20 Å². The monoisotopic (exact) mass is 176 g/mol. The number of hydrogen-bond donors (Lipinski definition) is 1. The van der Waals surface area contributed by atoms with E-state index in [-0.39, 0.29) is 0 Å². The van der Waals surface area contributed by atoms with Crippen LogP contribution in [-0.4, -0.2) is 13.3 Å². The first-order valence-corrected chi connectivity index (χ1v) is 4.10. The Morgan fingerprint density at radius 1 is 1.38 bits per heavy atom. The number of nitrogens with two attached hydrogens (primary N) is 1. The fourth-order valence-corrected chi connectivity index (χ4v) is 0.900. The first-order valence-electron chi connectivity index (χ1n) is 4.10. The smallest absolute Gasteiger partial charge is 0.0277 e. The zero-order valence-corrected chi connectivity index (χ0v) is 8.20. The summed E-state index contributed by atoms with van der Waals surface area (Å²) in [4.78, 5) is 3.87. The Labute approximate surface area is 79.9 Å². The van der Waals surface area contributed by atoms with Crippen molar-refractivity contribution in [2.24, 2.45) is 10.7 Å². The SMILES string of the molecule is C=CC(=C\C=NC)/C(/C=C\N)=C/C. The number of aliphatic imine (C=N–C) groups is 1. The maximum Gasteiger partial charge on any atom is 0.0277 e. The molecule has 0 aliphatic heterocycles. The van der Waals surface area contributed by atoms with Gasteiger partial charge in [-0.05, 0) is 36.4 Å². The van der Waals surface area contributed by atoms with Crippen molar-refractivity contribution in [1.29, 1.82) is 0 Å². The van der Waals surface area contributed by atoms with Crippen LogP contribution in [0.3, 0.4) is 0 Å². The lowest BCUT2D eigenvalue weighted by Crippen LogP contribution is -1.86. The fourth-order valence-electron chi connectivity index (χ4n) is 0.900. The second-order valence-electron chi connectivity index (χ2n) is 2.34. The topological polar surface area (TPSA) is 38.4 Å². The summed E-state index contributed by atoms with van der Waals surface area (Å²) in [5.74, 6) is 0. The average Bonchev–Trinajstić information content (AvgIpc) is 2.17. The Bertz CT molecular complexity index is 268. The molecule has 0 saturated carbocycles. The molecular formula is C11H16N2. The molecule has 0 atom stereocenters. The first kappa shape index (κ1) is 11.4. The lowest BCUT2D eigenvalue weighted by Gasteiger charge is -2.00. The second-order valence-corrected chi connectivity index (χ2v) is 2.34. The Balaban J connectivity index is 4.84. The molecule has 0 amide bonds. The van der Waals surface area contributed by atoms with Crippen molar-refractivity contribution in [2.45, 2.75) is 6.92 Å². The van der Waals surface area contributed by atoms with E-state index < -0.39 is 0 Å². The van der Waals surface area contributed by atoms with Crippen LogP contribution in [0, 0.1) is 0 Å². The normalized spacial score (nSPS) is 14.3. The van der Waals surface area contributed by atoms with Gasteiger partial charge in [0.15, 0.2) is 0 Å². The van der Waals surface area contributed by atoms with Crippen molar-refractivity contribution >= 4 is 6.21 Å². The van der Waals surface area contributed by atoms with Gasteiger partial charge in [-0.3, -0.25) is 4.99 Å². The molecule has 0 radical (unpaired) electrons. The van der Waals surface area contributed by atoms with Gasteiger partial charge in [0.1, 0.15) is 0 Å². The van der Waals surface area contributed by atoms with Gasteiger partial charge < -0.3 is 5.73 Å². The average molecular weight is 176 g/mol. The lowest BCUT2D eigenvalue weighted by molar-refractivity contribution is 1.45. The molecule has 0 unspecified atom stereocenters. The summed E-state index contributed by atoms with van der Waals surface area (Å²) in [5.41, 5.74) is 7.36. The van der Waals surface area contributed by atoms with Crippen LogP contribution >= 0.6 is 0 Å². The maximum atomic E-state index is 5.31. The largest absolute Gasteiger partial charge is 0.405 e. The number of nitrogens with zero attached hydrogens (tertiary/aromatic N) is 1. The third kappa shape index (κ3) is 4.11. The van der Waals surface area contributed by atoms with Crippen LogP contribution in [0.15, 0.2) is 53.2 Å². The standard InChI is InChI=1S/C11H16N2/c1-4-10(6-8-12)11(5-2)7-9-13-3/h4-9H,2,12H2,1,3H3/b8-6-,10-4+,11-7+,13-9?. The van der Waals surface area contributed by atoms with Crippen LogP contribution in [0.25, 0.3) is 0 Å². The summed E-state index contributed by atoms with van der Waals surface area (Å²) in [5, 5.41) is 0. The third-order valence-electron chi connectivity index (χ3n) is 1.54. The second kappa shape index (κ2) is 7.10. The zero-order chi connectivity index (χ0) is 10.1. The molecule has 0 spiro atoms. The Kier molecular flexibility index (Phi) is 6.24. The van der Waals surface area contributed by atoms with Gasteiger partial charge in [-0.2, -0.15) is 0 Å². The van der Waals surface area contributed by atoms with Gasteiger partial charge in [0, 0.05) is 13.3 Å². The van der Waals surface area contributed by atoms with E-state index in [4.69, 9.17) is 5.73 Å². The number of hydrogen-bond acceptors (Lipinski definition) is 2. The van der Waals surface area contributed by atoms with Crippen molar-refractivity contribution in [3.8, 4) is 0 Å². The van der Waals surface area contributed by atoms with E-state index >= 15 is 0 Å². The van der Waals surface area contributed by atoms with Gasteiger partial charge >= 0.3 is 0 Å². The van der Waals surface area contributed by atoms with Gasteiger partial charge in [0.25, 0.3) is 0 Å². The van der Waals surface area contributed by atoms with Gasteiger partial charge in [-0.25, -0.2) is 0 Å². The van der Waals surface area contributed by atoms with Gasteiger partial charge in [-0.1, -0.05) is 18.7 Å². The van der Waals surface area contributed by atoms with Crippen molar-refractivity contribution in [2.75, 3.05) is 7.05 Å². The summed E-state index contributed by atoms with van der Waals surface area (Å²) < 4.78 is 0. The van der Waals surface area contributed by atoms with E-state index in [9.17, 15) is 0 Å². The summed E-state index contributed by atoms with van der Waals surface area (Å²) in [6.07, 6.45) is 10.7. The summed E-state index contributed by atoms with van der Waals surface area (Å²) in [6.45, 7) is 5.67. The molecule has 0 fully saturated rings. The summed E-state index contributed by atoms with van der Waals surface area (Å²) >= 11 is 0. The van der Waals surface area contributed by atoms with Crippen LogP contribution in [-0.2, 0) is 0 Å². The van der Waals surface area contributed by atoms with E-state index in [1.807, 2.05) is 25.2 Å². The van der Waals surface area contributed by atoms with E-state index in [0.717, 1.165) is 11.1 Å². The van der Waals surface area contributed by atoms with Crippen molar-refractivity contribution in [1.82, 2.24) is 0 Å². The molecule has 0 saturated heterocycles. The minimum atomic E-state index is 1.01. The molecular weight excluding hydrogens is 160 g/mol. The molecule has 0 rings (SSSR count). The molecule has 13 heavy (non-hydrogen) atoms. The highest BCUT2D eigenvalue weighted by molar-refractivity contribution is 5.75. The third-order valence-corrected chi connectivity index (χ3v) is 1.54. The minimum Gasteiger partial charge on any atom is -0.405 e. The first-order chi connectivity index (χ1) is 6.29. The molecule has 2 heteroatoms. The predicted octanol–water partition coefficient (Wildman–Crippen LogP) is 2.22. The predicted molar refractivity (Wildman–Crippen MR) is 59.8 cm³/mol. The van der Waals surface area contributed by atoms with Crippen molar-refractivity contribution < 1.29 is 0 Å². The van der Waals surface area contributed by atoms with Crippen molar-refractivity contribution in [3.63, 3.8) is 0 Å². The van der Waals surface area contributed by atoms with E-state index in [2.05, 4.69) is 11.6 Å². The molecule has 2 N–H and O–H groups in total. The Hall–Kier alpha value is -1.57. The number of rotatable bonds is 4. The Morgan fingerprint density at radius 3 is 2.46 bits per heavy atom.